The van der Waals surface area contributed by atoms with Crippen LogP contribution in [0.5, 0.6) is 0 Å². The molecule has 0 aliphatic heterocycles. The lowest BCUT2D eigenvalue weighted by atomic mass is 9.91. The van der Waals surface area contributed by atoms with Crippen molar-refractivity contribution in [1.82, 2.24) is 0 Å². The van der Waals surface area contributed by atoms with Crippen molar-refractivity contribution in [2.24, 2.45) is 5.92 Å². The predicted molar refractivity (Wildman–Crippen MR) is 133 cm³/mol. The Labute approximate surface area is 190 Å². The molecular formula is C28H56O2. The Balaban J connectivity index is 3.54. The summed E-state index contributed by atoms with van der Waals surface area (Å²) in [5.74, 6) is -0.190. The second kappa shape index (κ2) is 24.7. The Morgan fingerprint density at radius 1 is 0.500 bits per heavy atom. The largest absolute Gasteiger partial charge is 0.481 e. The van der Waals surface area contributed by atoms with Crippen molar-refractivity contribution in [3.8, 4) is 0 Å². The van der Waals surface area contributed by atoms with E-state index in [1.165, 1.54) is 135 Å². The number of aliphatic carboxylic acids is 1. The van der Waals surface area contributed by atoms with E-state index in [-0.39, 0.29) is 0 Å². The van der Waals surface area contributed by atoms with Gasteiger partial charge in [-0.2, -0.15) is 0 Å². The molecule has 2 nitrogen and oxygen atoms in total. The Kier molecular flexibility index (Phi) is 24.3. The molecule has 0 saturated carbocycles. The van der Waals surface area contributed by atoms with Crippen LogP contribution in [0.15, 0.2) is 0 Å². The Morgan fingerprint density at radius 2 is 0.767 bits per heavy atom. The summed E-state index contributed by atoms with van der Waals surface area (Å²) in [7, 11) is 0. The summed E-state index contributed by atoms with van der Waals surface area (Å²) in [6.45, 7) is 4.55. The first-order valence-corrected chi connectivity index (χ1v) is 13.9. The standard InChI is InChI=1S/C28H56O2/c1-3-5-7-9-11-13-14-15-17-19-21-23-25-27(26-28(29)30)24-22-20-18-16-12-10-8-6-4-2/h27H,3-26H2,1-2H3,(H,29,30)/t27-/m0/s1. The average molecular weight is 425 g/mol. The molecule has 0 aromatic carbocycles. The highest BCUT2D eigenvalue weighted by molar-refractivity contribution is 5.66. The molecule has 0 heterocycles. The van der Waals surface area contributed by atoms with Gasteiger partial charge in [-0.3, -0.25) is 4.79 Å². The zero-order valence-electron chi connectivity index (χ0n) is 20.9. The fourth-order valence-electron chi connectivity index (χ4n) is 4.61. The van der Waals surface area contributed by atoms with Gasteiger partial charge in [0, 0.05) is 6.42 Å². The van der Waals surface area contributed by atoms with E-state index in [1.807, 2.05) is 0 Å². The number of unbranched alkanes of at least 4 members (excludes halogenated alkanes) is 19. The monoisotopic (exact) mass is 424 g/mol. The number of carbonyl (C=O) groups is 1. The van der Waals surface area contributed by atoms with E-state index in [4.69, 9.17) is 0 Å². The molecule has 1 N–H and O–H groups in total. The Bertz CT molecular complexity index is 340. The van der Waals surface area contributed by atoms with Gasteiger partial charge in [0.25, 0.3) is 0 Å². The van der Waals surface area contributed by atoms with E-state index in [0.717, 1.165) is 12.8 Å². The summed E-state index contributed by atoms with van der Waals surface area (Å²) >= 11 is 0. The minimum absolute atomic E-state index is 0.384. The van der Waals surface area contributed by atoms with Gasteiger partial charge < -0.3 is 5.11 Å². The van der Waals surface area contributed by atoms with Crippen LogP contribution in [0.4, 0.5) is 0 Å². The Hall–Kier alpha value is -0.530. The normalized spacial score (nSPS) is 12.3. The summed E-state index contributed by atoms with van der Waals surface area (Å²) < 4.78 is 0. The number of hydrogen-bond acceptors (Lipinski definition) is 1. The second-order valence-electron chi connectivity index (χ2n) is 9.76. The molecule has 0 saturated heterocycles. The molecule has 0 radical (unpaired) electrons. The average Bonchev–Trinajstić information content (AvgIpc) is 2.72. The van der Waals surface area contributed by atoms with Crippen LogP contribution in [0.1, 0.15) is 168 Å². The molecule has 0 aliphatic carbocycles. The summed E-state index contributed by atoms with van der Waals surface area (Å²) in [5.41, 5.74) is 0. The van der Waals surface area contributed by atoms with E-state index in [0.29, 0.717) is 12.3 Å². The maximum atomic E-state index is 11.2. The van der Waals surface area contributed by atoms with Crippen molar-refractivity contribution in [3.05, 3.63) is 0 Å². The van der Waals surface area contributed by atoms with Crippen LogP contribution < -0.4 is 0 Å². The number of hydrogen-bond donors (Lipinski definition) is 1. The molecule has 2 heteroatoms. The number of carboxylic acid groups (broad SMARTS) is 1. The summed E-state index contributed by atoms with van der Waals surface area (Å²) in [6.07, 6.45) is 31.2. The first-order valence-electron chi connectivity index (χ1n) is 13.9. The molecule has 0 aromatic heterocycles. The zero-order chi connectivity index (χ0) is 22.1. The molecule has 0 amide bonds. The van der Waals surface area contributed by atoms with Crippen LogP contribution in [-0.2, 0) is 4.79 Å². The van der Waals surface area contributed by atoms with Gasteiger partial charge in [-0.25, -0.2) is 0 Å². The summed E-state index contributed by atoms with van der Waals surface area (Å²) in [6, 6.07) is 0. The van der Waals surface area contributed by atoms with Crippen molar-refractivity contribution in [3.63, 3.8) is 0 Å². The first-order chi connectivity index (χ1) is 14.7. The van der Waals surface area contributed by atoms with Gasteiger partial charge >= 0.3 is 5.97 Å². The maximum absolute atomic E-state index is 11.2. The van der Waals surface area contributed by atoms with E-state index < -0.39 is 5.97 Å². The fourth-order valence-corrected chi connectivity index (χ4v) is 4.61. The topological polar surface area (TPSA) is 37.3 Å². The van der Waals surface area contributed by atoms with Gasteiger partial charge in [-0.05, 0) is 18.8 Å². The lowest BCUT2D eigenvalue weighted by Gasteiger charge is -2.14. The highest BCUT2D eigenvalue weighted by atomic mass is 16.4. The third-order valence-electron chi connectivity index (χ3n) is 6.65. The molecule has 1 atom stereocenters. The van der Waals surface area contributed by atoms with Crippen LogP contribution in [0.2, 0.25) is 0 Å². The molecule has 0 fully saturated rings. The van der Waals surface area contributed by atoms with E-state index in [1.54, 1.807) is 0 Å². The van der Waals surface area contributed by atoms with Crippen molar-refractivity contribution in [2.45, 2.75) is 168 Å². The minimum Gasteiger partial charge on any atom is -0.481 e. The van der Waals surface area contributed by atoms with E-state index >= 15 is 0 Å². The molecule has 0 aromatic rings. The SMILES string of the molecule is CCCCCCCCCCCCCC[C@H](CCCCCCCCCCC)CC(=O)O. The minimum atomic E-state index is -0.602. The predicted octanol–water partition coefficient (Wildman–Crippen LogP) is 10.1. The van der Waals surface area contributed by atoms with Crippen LogP contribution in [0.25, 0.3) is 0 Å². The van der Waals surface area contributed by atoms with Crippen molar-refractivity contribution in [2.75, 3.05) is 0 Å². The summed E-state index contributed by atoms with van der Waals surface area (Å²) in [5, 5.41) is 9.22. The van der Waals surface area contributed by atoms with Gasteiger partial charge in [0.2, 0.25) is 0 Å². The van der Waals surface area contributed by atoms with E-state index in [2.05, 4.69) is 13.8 Å². The molecule has 0 spiro atoms. The lowest BCUT2D eigenvalue weighted by molar-refractivity contribution is -0.138. The number of rotatable bonds is 25. The van der Waals surface area contributed by atoms with Crippen LogP contribution in [0.3, 0.4) is 0 Å². The van der Waals surface area contributed by atoms with Crippen molar-refractivity contribution in [1.29, 1.82) is 0 Å². The van der Waals surface area contributed by atoms with Gasteiger partial charge in [0.15, 0.2) is 0 Å². The van der Waals surface area contributed by atoms with Crippen LogP contribution in [0, 0.1) is 5.92 Å². The van der Waals surface area contributed by atoms with Gasteiger partial charge in [0.05, 0.1) is 0 Å². The first kappa shape index (κ1) is 29.5. The highest BCUT2D eigenvalue weighted by Gasteiger charge is 2.12. The molecule has 0 bridgehead atoms. The maximum Gasteiger partial charge on any atom is 0.303 e. The zero-order valence-corrected chi connectivity index (χ0v) is 20.9. The lowest BCUT2D eigenvalue weighted by Crippen LogP contribution is -2.08. The van der Waals surface area contributed by atoms with E-state index in [9.17, 15) is 9.90 Å². The number of carboxylic acids is 1. The molecule has 180 valence electrons. The van der Waals surface area contributed by atoms with Crippen LogP contribution >= 0.6 is 0 Å². The van der Waals surface area contributed by atoms with Crippen molar-refractivity contribution < 1.29 is 9.90 Å². The van der Waals surface area contributed by atoms with Gasteiger partial charge in [0.1, 0.15) is 0 Å². The molecule has 30 heavy (non-hydrogen) atoms. The van der Waals surface area contributed by atoms with Crippen LogP contribution in [-0.4, -0.2) is 11.1 Å². The van der Waals surface area contributed by atoms with Gasteiger partial charge in [-0.15, -0.1) is 0 Å². The highest BCUT2D eigenvalue weighted by Crippen LogP contribution is 2.22. The van der Waals surface area contributed by atoms with Gasteiger partial charge in [-0.1, -0.05) is 149 Å². The van der Waals surface area contributed by atoms with Crippen molar-refractivity contribution >= 4 is 5.97 Å². The second-order valence-corrected chi connectivity index (χ2v) is 9.76. The smallest absolute Gasteiger partial charge is 0.303 e. The Morgan fingerprint density at radius 3 is 1.03 bits per heavy atom. The third kappa shape index (κ3) is 23.7. The molecule has 0 rings (SSSR count). The fraction of sp³-hybridized carbons (Fsp3) is 0.964. The molecule has 0 unspecified atom stereocenters. The quantitative estimate of drug-likeness (QED) is 0.148. The molecular weight excluding hydrogens is 368 g/mol. The summed E-state index contributed by atoms with van der Waals surface area (Å²) in [4.78, 5) is 11.2. The third-order valence-corrected chi connectivity index (χ3v) is 6.65. The molecule has 0 aliphatic rings.